The lowest BCUT2D eigenvalue weighted by atomic mass is 10.0. The van der Waals surface area contributed by atoms with Crippen molar-refractivity contribution >= 4 is 23.6 Å². The highest BCUT2D eigenvalue weighted by Crippen LogP contribution is 2.41. The minimum atomic E-state index is -0.661. The third-order valence-electron chi connectivity index (χ3n) is 7.50. The van der Waals surface area contributed by atoms with Crippen LogP contribution in [0.5, 0.6) is 34.5 Å². The van der Waals surface area contributed by atoms with E-state index in [0.29, 0.717) is 45.1 Å². The summed E-state index contributed by atoms with van der Waals surface area (Å²) in [5, 5.41) is 25.3. The van der Waals surface area contributed by atoms with Gasteiger partial charge in [0, 0.05) is 22.5 Å². The van der Waals surface area contributed by atoms with Gasteiger partial charge in [-0.15, -0.1) is 0 Å². The summed E-state index contributed by atoms with van der Waals surface area (Å²) in [7, 11) is 0. The van der Waals surface area contributed by atoms with E-state index in [2.05, 4.69) is 10.6 Å². The molecular weight excluding hydrogens is 620 g/mol. The van der Waals surface area contributed by atoms with Gasteiger partial charge in [-0.25, -0.2) is 9.59 Å². The molecule has 9 heteroatoms. The Balaban J connectivity index is 1.30. The molecule has 2 amide bonds. The van der Waals surface area contributed by atoms with Crippen LogP contribution in [0.3, 0.4) is 0 Å². The molecule has 9 nitrogen and oxygen atoms in total. The highest BCUT2D eigenvalue weighted by atomic mass is 16.6. The summed E-state index contributed by atoms with van der Waals surface area (Å²) in [6, 6.07) is 37.7. The van der Waals surface area contributed by atoms with E-state index < -0.39 is 12.2 Å². The van der Waals surface area contributed by atoms with Gasteiger partial charge in [0.25, 0.3) is 0 Å². The van der Waals surface area contributed by atoms with Gasteiger partial charge in [-0.1, -0.05) is 59.7 Å². The fourth-order valence-corrected chi connectivity index (χ4v) is 4.95. The Labute approximate surface area is 283 Å². The van der Waals surface area contributed by atoms with Gasteiger partial charge in [0.1, 0.15) is 34.5 Å². The Kier molecular flexibility index (Phi) is 9.44. The van der Waals surface area contributed by atoms with Gasteiger partial charge in [-0.05, 0) is 110 Å². The minimum absolute atomic E-state index is 0.0905. The van der Waals surface area contributed by atoms with Crippen molar-refractivity contribution in [2.45, 2.75) is 13.8 Å². The molecule has 0 atom stereocenters. The van der Waals surface area contributed by atoms with Gasteiger partial charge in [-0.3, -0.25) is 10.6 Å². The standard InChI is InChI=1S/C40H32N2O7/c1-25-3-11-29(12-4-25)41-39(45)47-33-19-21-37(35(23-33)27-7-15-31(43)16-8-27)49-38-22-20-34(24-36(38)28-9-17-32(44)18-10-28)48-40(46)42-30-13-5-26(2)6-14-30/h3-24,43-44H,1-2H3,(H,41,45)(H,42,46). The summed E-state index contributed by atoms with van der Waals surface area (Å²) < 4.78 is 17.7. The van der Waals surface area contributed by atoms with Gasteiger partial charge in [0.2, 0.25) is 0 Å². The first-order valence-corrected chi connectivity index (χ1v) is 15.3. The smallest absolute Gasteiger partial charge is 0.417 e. The van der Waals surface area contributed by atoms with Crippen LogP contribution >= 0.6 is 0 Å². The van der Waals surface area contributed by atoms with Crippen molar-refractivity contribution in [2.24, 2.45) is 0 Å². The van der Waals surface area contributed by atoms with Crippen LogP contribution in [0.2, 0.25) is 0 Å². The molecule has 0 saturated carbocycles. The van der Waals surface area contributed by atoms with Gasteiger partial charge in [-0.2, -0.15) is 0 Å². The fourth-order valence-electron chi connectivity index (χ4n) is 4.95. The first-order valence-electron chi connectivity index (χ1n) is 15.3. The molecule has 6 aromatic rings. The molecule has 0 aliphatic rings. The van der Waals surface area contributed by atoms with Crippen molar-refractivity contribution in [2.75, 3.05) is 10.6 Å². The molecule has 244 valence electrons. The molecule has 0 aliphatic heterocycles. The number of aryl methyl sites for hydroxylation is 2. The summed E-state index contributed by atoms with van der Waals surface area (Å²) in [5.41, 5.74) is 5.85. The van der Waals surface area contributed by atoms with Crippen molar-refractivity contribution in [1.82, 2.24) is 0 Å². The second-order valence-corrected chi connectivity index (χ2v) is 11.3. The lowest BCUT2D eigenvalue weighted by molar-refractivity contribution is 0.214. The van der Waals surface area contributed by atoms with Crippen LogP contribution in [0, 0.1) is 13.8 Å². The van der Waals surface area contributed by atoms with E-state index in [9.17, 15) is 19.8 Å². The van der Waals surface area contributed by atoms with E-state index in [-0.39, 0.29) is 23.0 Å². The number of nitrogens with one attached hydrogen (secondary N) is 2. The van der Waals surface area contributed by atoms with E-state index in [4.69, 9.17) is 14.2 Å². The third-order valence-corrected chi connectivity index (χ3v) is 7.50. The largest absolute Gasteiger partial charge is 0.508 e. The molecule has 0 heterocycles. The number of anilines is 2. The summed E-state index contributed by atoms with van der Waals surface area (Å²) in [4.78, 5) is 25.5. The summed E-state index contributed by atoms with van der Waals surface area (Å²) >= 11 is 0. The van der Waals surface area contributed by atoms with E-state index in [0.717, 1.165) is 11.1 Å². The van der Waals surface area contributed by atoms with E-state index in [1.807, 2.05) is 38.1 Å². The molecule has 6 rings (SSSR count). The Morgan fingerprint density at radius 1 is 0.490 bits per heavy atom. The highest BCUT2D eigenvalue weighted by molar-refractivity contribution is 5.88. The van der Waals surface area contributed by atoms with Gasteiger partial charge in [0.15, 0.2) is 0 Å². The maximum absolute atomic E-state index is 12.7. The fraction of sp³-hybridized carbons (Fsp3) is 0.0500. The van der Waals surface area contributed by atoms with Crippen molar-refractivity contribution in [3.8, 4) is 56.8 Å². The number of aromatic hydroxyl groups is 2. The second-order valence-electron chi connectivity index (χ2n) is 11.3. The number of phenols is 2. The van der Waals surface area contributed by atoms with Crippen molar-refractivity contribution < 1.29 is 34.0 Å². The molecule has 6 aromatic carbocycles. The van der Waals surface area contributed by atoms with Crippen molar-refractivity contribution in [3.05, 3.63) is 145 Å². The molecule has 4 N–H and O–H groups in total. The van der Waals surface area contributed by atoms with Crippen LogP contribution in [0.25, 0.3) is 22.3 Å². The number of benzene rings is 6. The number of hydrogen-bond donors (Lipinski definition) is 4. The molecular formula is C40H32N2O7. The van der Waals surface area contributed by atoms with Crippen LogP contribution in [0.4, 0.5) is 21.0 Å². The van der Waals surface area contributed by atoms with Gasteiger partial charge in [0.05, 0.1) is 0 Å². The molecule has 0 spiro atoms. The van der Waals surface area contributed by atoms with Crippen molar-refractivity contribution in [3.63, 3.8) is 0 Å². The topological polar surface area (TPSA) is 126 Å². The maximum Gasteiger partial charge on any atom is 0.417 e. The summed E-state index contributed by atoms with van der Waals surface area (Å²) in [6.45, 7) is 3.91. The quantitative estimate of drug-likeness (QED) is 0.129. The minimum Gasteiger partial charge on any atom is -0.508 e. The van der Waals surface area contributed by atoms with Gasteiger partial charge >= 0.3 is 12.2 Å². The number of amides is 2. The Morgan fingerprint density at radius 2 is 0.857 bits per heavy atom. The molecule has 0 saturated heterocycles. The molecule has 0 aromatic heterocycles. The number of phenolic OH excluding ortho intramolecular Hbond substituents is 2. The summed E-state index contributed by atoms with van der Waals surface area (Å²) in [5.74, 6) is 1.55. The zero-order valence-corrected chi connectivity index (χ0v) is 26.6. The predicted molar refractivity (Wildman–Crippen MR) is 189 cm³/mol. The molecule has 49 heavy (non-hydrogen) atoms. The first-order chi connectivity index (χ1) is 23.7. The highest BCUT2D eigenvalue weighted by Gasteiger charge is 2.17. The average Bonchev–Trinajstić information content (AvgIpc) is 3.09. The van der Waals surface area contributed by atoms with E-state index >= 15 is 0 Å². The molecule has 0 bridgehead atoms. The molecule has 0 radical (unpaired) electrons. The second kappa shape index (κ2) is 14.4. The average molecular weight is 653 g/mol. The Morgan fingerprint density at radius 3 is 1.22 bits per heavy atom. The molecule has 0 fully saturated rings. The number of rotatable bonds is 8. The number of ether oxygens (including phenoxy) is 3. The Bertz CT molecular complexity index is 1940. The lowest BCUT2D eigenvalue weighted by Crippen LogP contribution is -2.16. The maximum atomic E-state index is 12.7. The molecule has 0 aliphatic carbocycles. The number of carbonyl (C=O) groups is 2. The van der Waals surface area contributed by atoms with Crippen molar-refractivity contribution in [1.29, 1.82) is 0 Å². The van der Waals surface area contributed by atoms with E-state index in [1.165, 1.54) is 0 Å². The molecule has 0 unspecified atom stereocenters. The SMILES string of the molecule is Cc1ccc(NC(=O)Oc2ccc(Oc3ccc(OC(=O)Nc4ccc(C)cc4)cc3-c3ccc(O)cc3)c(-c3ccc(O)cc3)c2)cc1. The first kappa shape index (κ1) is 32.2. The van der Waals surface area contributed by atoms with Gasteiger partial charge < -0.3 is 24.4 Å². The van der Waals surface area contributed by atoms with Crippen LogP contribution in [-0.4, -0.2) is 22.4 Å². The van der Waals surface area contributed by atoms with Crippen LogP contribution < -0.4 is 24.8 Å². The normalized spacial score (nSPS) is 10.6. The third kappa shape index (κ3) is 8.35. The zero-order chi connectivity index (χ0) is 34.3. The summed E-state index contributed by atoms with van der Waals surface area (Å²) in [6.07, 6.45) is -1.32. The number of hydrogen-bond acceptors (Lipinski definition) is 7. The number of carbonyl (C=O) groups excluding carboxylic acids is 2. The van der Waals surface area contributed by atoms with E-state index in [1.54, 1.807) is 109 Å². The monoisotopic (exact) mass is 652 g/mol. The lowest BCUT2D eigenvalue weighted by Gasteiger charge is -2.17. The Hall–Kier alpha value is -6.74. The zero-order valence-electron chi connectivity index (χ0n) is 26.6. The van der Waals surface area contributed by atoms with Crippen LogP contribution in [0.1, 0.15) is 11.1 Å². The van der Waals surface area contributed by atoms with Crippen LogP contribution in [-0.2, 0) is 0 Å². The van der Waals surface area contributed by atoms with Crippen LogP contribution in [0.15, 0.2) is 133 Å². The predicted octanol–water partition coefficient (Wildman–Crippen LogP) is 10.1.